The Morgan fingerprint density at radius 3 is 2.82 bits per heavy atom. The van der Waals surface area contributed by atoms with E-state index in [1.807, 2.05) is 4.90 Å². The number of likely N-dealkylation sites (tertiary alicyclic amines) is 1. The minimum atomic E-state index is -0.000692. The van der Waals surface area contributed by atoms with Crippen molar-refractivity contribution in [2.45, 2.75) is 26.4 Å². The third-order valence-electron chi connectivity index (χ3n) is 3.23. The van der Waals surface area contributed by atoms with E-state index in [1.54, 1.807) is 19.2 Å². The van der Waals surface area contributed by atoms with E-state index in [9.17, 15) is 4.79 Å². The molecule has 1 aromatic rings. The molecule has 2 rings (SSSR count). The van der Waals surface area contributed by atoms with Crippen molar-refractivity contribution in [3.8, 4) is 0 Å². The zero-order chi connectivity index (χ0) is 12.3. The van der Waals surface area contributed by atoms with Gasteiger partial charge in [-0.25, -0.2) is 0 Å². The Labute approximate surface area is 102 Å². The number of hydrogen-bond acceptors (Lipinski definition) is 3. The van der Waals surface area contributed by atoms with Crippen LogP contribution in [-0.2, 0) is 11.3 Å². The van der Waals surface area contributed by atoms with Gasteiger partial charge in [0, 0.05) is 20.2 Å². The van der Waals surface area contributed by atoms with Crippen LogP contribution in [0.5, 0.6) is 0 Å². The molecule has 0 saturated carbocycles. The third-order valence-corrected chi connectivity index (χ3v) is 3.23. The molecule has 1 fully saturated rings. The Morgan fingerprint density at radius 1 is 1.47 bits per heavy atom. The molecule has 0 N–H and O–H groups in total. The molecular formula is C13H19NO3. The molecule has 0 aromatic carbocycles. The van der Waals surface area contributed by atoms with E-state index < -0.39 is 0 Å². The van der Waals surface area contributed by atoms with Crippen molar-refractivity contribution < 1.29 is 13.9 Å². The number of hydrogen-bond donors (Lipinski definition) is 0. The van der Waals surface area contributed by atoms with Gasteiger partial charge in [0.2, 0.25) is 0 Å². The normalized spacial score (nSPS) is 17.4. The number of furan rings is 1. The summed E-state index contributed by atoms with van der Waals surface area (Å²) in [4.78, 5) is 14.0. The topological polar surface area (TPSA) is 42.7 Å². The van der Waals surface area contributed by atoms with Crippen LogP contribution in [-0.4, -0.2) is 31.0 Å². The largest absolute Gasteiger partial charge is 0.453 e. The van der Waals surface area contributed by atoms with Crippen molar-refractivity contribution in [1.82, 2.24) is 4.90 Å². The van der Waals surface area contributed by atoms with Gasteiger partial charge in [0.05, 0.1) is 0 Å². The molecule has 1 aliphatic heterocycles. The van der Waals surface area contributed by atoms with Crippen LogP contribution >= 0.6 is 0 Å². The highest BCUT2D eigenvalue weighted by Crippen LogP contribution is 2.19. The van der Waals surface area contributed by atoms with Gasteiger partial charge >= 0.3 is 0 Å². The van der Waals surface area contributed by atoms with E-state index in [-0.39, 0.29) is 5.91 Å². The highest BCUT2D eigenvalue weighted by Gasteiger charge is 2.23. The van der Waals surface area contributed by atoms with Gasteiger partial charge in [-0.3, -0.25) is 4.79 Å². The fourth-order valence-electron chi connectivity index (χ4n) is 2.08. The number of ether oxygens (including phenoxy) is 1. The first kappa shape index (κ1) is 12.2. The van der Waals surface area contributed by atoms with Crippen LogP contribution in [0.3, 0.4) is 0 Å². The predicted molar refractivity (Wildman–Crippen MR) is 63.7 cm³/mol. The van der Waals surface area contributed by atoms with Gasteiger partial charge in [0.15, 0.2) is 5.76 Å². The van der Waals surface area contributed by atoms with Crippen LogP contribution in [0, 0.1) is 5.92 Å². The summed E-state index contributed by atoms with van der Waals surface area (Å²) >= 11 is 0. The average molecular weight is 237 g/mol. The van der Waals surface area contributed by atoms with Crippen molar-refractivity contribution in [3.63, 3.8) is 0 Å². The summed E-state index contributed by atoms with van der Waals surface area (Å²) < 4.78 is 10.4. The number of methoxy groups -OCH3 is 1. The molecule has 1 amide bonds. The lowest BCUT2D eigenvalue weighted by Gasteiger charge is -2.29. The van der Waals surface area contributed by atoms with E-state index in [4.69, 9.17) is 9.15 Å². The number of carbonyl (C=O) groups is 1. The Bertz CT molecular complexity index is 378. The summed E-state index contributed by atoms with van der Waals surface area (Å²) in [6, 6.07) is 3.53. The molecule has 17 heavy (non-hydrogen) atoms. The summed E-state index contributed by atoms with van der Waals surface area (Å²) in [6.07, 6.45) is 2.16. The van der Waals surface area contributed by atoms with Gasteiger partial charge in [-0.2, -0.15) is 0 Å². The summed E-state index contributed by atoms with van der Waals surface area (Å²) in [5, 5.41) is 0. The summed E-state index contributed by atoms with van der Waals surface area (Å²) in [7, 11) is 1.61. The lowest BCUT2D eigenvalue weighted by Crippen LogP contribution is -2.37. The van der Waals surface area contributed by atoms with Crippen molar-refractivity contribution >= 4 is 5.91 Å². The maximum Gasteiger partial charge on any atom is 0.289 e. The smallest absolute Gasteiger partial charge is 0.289 e. The molecule has 1 saturated heterocycles. The fourth-order valence-corrected chi connectivity index (χ4v) is 2.08. The first-order chi connectivity index (χ1) is 8.20. The molecule has 4 heteroatoms. The van der Waals surface area contributed by atoms with E-state index in [0.717, 1.165) is 31.8 Å². The van der Waals surface area contributed by atoms with Crippen LogP contribution < -0.4 is 0 Å². The standard InChI is InChI=1S/C13H19NO3/c1-10-5-7-14(8-6-10)13(15)12-4-3-11(17-12)9-16-2/h3-4,10H,5-9H2,1-2H3. The Balaban J connectivity index is 1.98. The molecule has 1 aliphatic rings. The zero-order valence-electron chi connectivity index (χ0n) is 10.4. The van der Waals surface area contributed by atoms with Gasteiger partial charge in [0.25, 0.3) is 5.91 Å². The maximum atomic E-state index is 12.1. The van der Waals surface area contributed by atoms with Crippen molar-refractivity contribution in [1.29, 1.82) is 0 Å². The maximum absolute atomic E-state index is 12.1. The number of piperidine rings is 1. The number of amides is 1. The highest BCUT2D eigenvalue weighted by molar-refractivity contribution is 5.91. The average Bonchev–Trinajstić information content (AvgIpc) is 2.78. The van der Waals surface area contributed by atoms with Crippen LogP contribution in [0.4, 0.5) is 0 Å². The van der Waals surface area contributed by atoms with Crippen LogP contribution in [0.2, 0.25) is 0 Å². The summed E-state index contributed by atoms with van der Waals surface area (Å²) in [5.74, 6) is 1.84. The molecular weight excluding hydrogens is 218 g/mol. The van der Waals surface area contributed by atoms with Gasteiger partial charge in [-0.05, 0) is 30.9 Å². The molecule has 4 nitrogen and oxygen atoms in total. The van der Waals surface area contributed by atoms with Gasteiger partial charge in [-0.15, -0.1) is 0 Å². The van der Waals surface area contributed by atoms with E-state index >= 15 is 0 Å². The van der Waals surface area contributed by atoms with Crippen molar-refractivity contribution in [2.24, 2.45) is 5.92 Å². The Morgan fingerprint density at radius 2 is 2.18 bits per heavy atom. The second-order valence-electron chi connectivity index (χ2n) is 4.67. The molecule has 0 unspecified atom stereocenters. The number of rotatable bonds is 3. The SMILES string of the molecule is COCc1ccc(C(=O)N2CCC(C)CC2)o1. The highest BCUT2D eigenvalue weighted by atomic mass is 16.5. The Hall–Kier alpha value is -1.29. The first-order valence-corrected chi connectivity index (χ1v) is 6.07. The lowest BCUT2D eigenvalue weighted by atomic mass is 9.99. The van der Waals surface area contributed by atoms with Crippen LogP contribution in [0.25, 0.3) is 0 Å². The number of nitrogens with zero attached hydrogens (tertiary/aromatic N) is 1. The van der Waals surface area contributed by atoms with Crippen LogP contribution in [0.15, 0.2) is 16.5 Å². The molecule has 0 radical (unpaired) electrons. The molecule has 0 atom stereocenters. The van der Waals surface area contributed by atoms with Crippen molar-refractivity contribution in [3.05, 3.63) is 23.7 Å². The summed E-state index contributed by atoms with van der Waals surface area (Å²) in [5.41, 5.74) is 0. The minimum absolute atomic E-state index is 0.000692. The monoisotopic (exact) mass is 237 g/mol. The van der Waals surface area contributed by atoms with E-state index in [2.05, 4.69) is 6.92 Å². The third kappa shape index (κ3) is 2.88. The first-order valence-electron chi connectivity index (χ1n) is 6.07. The minimum Gasteiger partial charge on any atom is -0.453 e. The second-order valence-corrected chi connectivity index (χ2v) is 4.67. The zero-order valence-corrected chi connectivity index (χ0v) is 10.4. The fraction of sp³-hybridized carbons (Fsp3) is 0.615. The molecule has 0 spiro atoms. The van der Waals surface area contributed by atoms with Crippen molar-refractivity contribution in [2.75, 3.05) is 20.2 Å². The van der Waals surface area contributed by atoms with E-state index in [1.165, 1.54) is 0 Å². The second kappa shape index (κ2) is 5.36. The lowest BCUT2D eigenvalue weighted by molar-refractivity contribution is 0.0658. The molecule has 94 valence electrons. The summed E-state index contributed by atoms with van der Waals surface area (Å²) in [6.45, 7) is 4.30. The Kier molecular flexibility index (Phi) is 3.84. The molecule has 0 aliphatic carbocycles. The van der Waals surface area contributed by atoms with Gasteiger partial charge in [0.1, 0.15) is 12.4 Å². The predicted octanol–water partition coefficient (Wildman–Crippen LogP) is 2.30. The number of carbonyl (C=O) groups excluding carboxylic acids is 1. The van der Waals surface area contributed by atoms with E-state index in [0.29, 0.717) is 18.1 Å². The van der Waals surface area contributed by atoms with Gasteiger partial charge < -0.3 is 14.1 Å². The molecule has 1 aromatic heterocycles. The molecule has 2 heterocycles. The quantitative estimate of drug-likeness (QED) is 0.810. The van der Waals surface area contributed by atoms with Crippen LogP contribution in [0.1, 0.15) is 36.1 Å². The molecule has 0 bridgehead atoms. The van der Waals surface area contributed by atoms with Gasteiger partial charge in [-0.1, -0.05) is 6.92 Å².